The number of aliphatic hydroxyl groups is 1. The van der Waals surface area contributed by atoms with Crippen LogP contribution in [0.1, 0.15) is 52.0 Å². The Hall–Kier alpha value is -1.43. The van der Waals surface area contributed by atoms with Crippen LogP contribution in [0.15, 0.2) is 30.3 Å². The molecule has 0 bridgehead atoms. The number of nitrogens with zero attached hydrogens (tertiary/aromatic N) is 1. The maximum atomic E-state index is 12.1. The number of piperidine rings is 1. The van der Waals surface area contributed by atoms with E-state index < -0.39 is 11.0 Å². The van der Waals surface area contributed by atoms with Gasteiger partial charge in [0.25, 0.3) is 0 Å². The van der Waals surface area contributed by atoms with Crippen LogP contribution >= 0.6 is 0 Å². The Kier molecular flexibility index (Phi) is 7.83. The first kappa shape index (κ1) is 21.9. The fourth-order valence-electron chi connectivity index (χ4n) is 3.60. The maximum absolute atomic E-state index is 12.1. The molecular formula is C22H37N3O2. The lowest BCUT2D eigenvalue weighted by Crippen LogP contribution is -2.41. The van der Waals surface area contributed by atoms with Gasteiger partial charge in [-0.1, -0.05) is 51.1 Å². The summed E-state index contributed by atoms with van der Waals surface area (Å²) in [5.41, 5.74) is 5.36. The van der Waals surface area contributed by atoms with Crippen molar-refractivity contribution in [1.82, 2.24) is 10.2 Å². The van der Waals surface area contributed by atoms with Crippen molar-refractivity contribution in [1.29, 1.82) is 0 Å². The van der Waals surface area contributed by atoms with Gasteiger partial charge in [-0.25, -0.2) is 0 Å². The molecule has 0 radical (unpaired) electrons. The molecule has 0 aliphatic carbocycles. The zero-order valence-electron chi connectivity index (χ0n) is 17.2. The van der Waals surface area contributed by atoms with Gasteiger partial charge in [0, 0.05) is 18.5 Å². The van der Waals surface area contributed by atoms with E-state index in [0.29, 0.717) is 25.3 Å². The number of benzene rings is 1. The van der Waals surface area contributed by atoms with Crippen LogP contribution < -0.4 is 11.1 Å². The highest BCUT2D eigenvalue weighted by atomic mass is 16.3. The Balaban J connectivity index is 1.95. The number of amides is 1. The van der Waals surface area contributed by atoms with Crippen molar-refractivity contribution >= 4 is 5.91 Å². The summed E-state index contributed by atoms with van der Waals surface area (Å²) >= 11 is 0. The maximum Gasteiger partial charge on any atom is 0.225 e. The summed E-state index contributed by atoms with van der Waals surface area (Å²) in [5.74, 6) is 0.656. The molecule has 5 heteroatoms. The molecule has 1 fully saturated rings. The van der Waals surface area contributed by atoms with Gasteiger partial charge in [-0.3, -0.25) is 4.79 Å². The number of rotatable bonds is 8. The highest BCUT2D eigenvalue weighted by Gasteiger charge is 2.31. The molecule has 1 amide bonds. The molecule has 1 atom stereocenters. The van der Waals surface area contributed by atoms with Crippen LogP contribution in [0.4, 0.5) is 0 Å². The summed E-state index contributed by atoms with van der Waals surface area (Å²) in [6.07, 6.45) is 3.46. The van der Waals surface area contributed by atoms with Crippen molar-refractivity contribution < 1.29 is 9.90 Å². The summed E-state index contributed by atoms with van der Waals surface area (Å²) in [7, 11) is 0. The lowest BCUT2D eigenvalue weighted by molar-refractivity contribution is -0.128. The molecule has 1 saturated heterocycles. The molecule has 0 spiro atoms. The van der Waals surface area contributed by atoms with E-state index in [9.17, 15) is 9.90 Å². The molecule has 4 N–H and O–H groups in total. The number of hydrogen-bond donors (Lipinski definition) is 3. The van der Waals surface area contributed by atoms with Crippen LogP contribution in [0.2, 0.25) is 0 Å². The summed E-state index contributed by atoms with van der Waals surface area (Å²) < 4.78 is 0. The second kappa shape index (κ2) is 9.67. The first-order valence-corrected chi connectivity index (χ1v) is 10.2. The van der Waals surface area contributed by atoms with Crippen molar-refractivity contribution in [3.63, 3.8) is 0 Å². The highest BCUT2D eigenvalue weighted by molar-refractivity contribution is 5.81. The molecule has 27 heavy (non-hydrogen) atoms. The third-order valence-electron chi connectivity index (χ3n) is 5.70. The lowest BCUT2D eigenvalue weighted by atomic mass is 9.86. The van der Waals surface area contributed by atoms with Crippen LogP contribution in [-0.2, 0) is 10.4 Å². The first-order chi connectivity index (χ1) is 12.7. The van der Waals surface area contributed by atoms with E-state index in [1.165, 1.54) is 0 Å². The third kappa shape index (κ3) is 6.59. The molecule has 0 aromatic heterocycles. The number of nitrogens with two attached hydrogens (primary N) is 1. The van der Waals surface area contributed by atoms with Crippen molar-refractivity contribution in [2.24, 2.45) is 17.1 Å². The smallest absolute Gasteiger partial charge is 0.225 e. The van der Waals surface area contributed by atoms with Crippen LogP contribution in [0.5, 0.6) is 0 Å². The third-order valence-corrected chi connectivity index (χ3v) is 5.70. The summed E-state index contributed by atoms with van der Waals surface area (Å²) in [4.78, 5) is 14.6. The average Bonchev–Trinajstić information content (AvgIpc) is 2.66. The van der Waals surface area contributed by atoms with Crippen LogP contribution in [0.3, 0.4) is 0 Å². The number of carbonyl (C=O) groups is 1. The van der Waals surface area contributed by atoms with Gasteiger partial charge in [0.15, 0.2) is 0 Å². The summed E-state index contributed by atoms with van der Waals surface area (Å²) in [6.45, 7) is 9.90. The van der Waals surface area contributed by atoms with Crippen LogP contribution in [0.25, 0.3) is 0 Å². The van der Waals surface area contributed by atoms with Crippen LogP contribution in [-0.4, -0.2) is 48.6 Å². The minimum Gasteiger partial charge on any atom is -0.385 e. The van der Waals surface area contributed by atoms with E-state index in [0.717, 1.165) is 44.6 Å². The molecule has 1 aromatic rings. The predicted octanol–water partition coefficient (Wildman–Crippen LogP) is 2.49. The number of carbonyl (C=O) groups excluding carboxylic acids is 1. The van der Waals surface area contributed by atoms with Crippen molar-refractivity contribution in [2.45, 2.75) is 52.1 Å². The van der Waals surface area contributed by atoms with Gasteiger partial charge in [-0.2, -0.15) is 0 Å². The number of likely N-dealkylation sites (tertiary alicyclic amines) is 1. The number of nitrogens with one attached hydrogen (secondary N) is 1. The Morgan fingerprint density at radius 1 is 1.19 bits per heavy atom. The zero-order chi connectivity index (χ0) is 19.9. The fraction of sp³-hybridized carbons (Fsp3) is 0.682. The molecule has 1 unspecified atom stereocenters. The Labute approximate surface area is 164 Å². The summed E-state index contributed by atoms with van der Waals surface area (Å²) in [5, 5.41) is 14.4. The monoisotopic (exact) mass is 375 g/mol. The standard InChI is InChI=1S/C22H37N3O2/c1-21(2,3)20(26)24-13-11-22(27,19-7-5-4-6-8-19)12-16-25-14-9-18(17-23)10-15-25/h4-8,18,27H,9-17,23H2,1-3H3,(H,24,26). The Morgan fingerprint density at radius 2 is 1.81 bits per heavy atom. The van der Waals surface area contributed by atoms with E-state index in [1.807, 2.05) is 51.1 Å². The Bertz CT molecular complexity index is 577. The van der Waals surface area contributed by atoms with E-state index in [2.05, 4.69) is 10.2 Å². The van der Waals surface area contributed by atoms with Gasteiger partial charge >= 0.3 is 0 Å². The normalized spacial score (nSPS) is 18.9. The largest absolute Gasteiger partial charge is 0.385 e. The minimum absolute atomic E-state index is 0.0155. The fourth-order valence-corrected chi connectivity index (χ4v) is 3.60. The molecule has 5 nitrogen and oxygen atoms in total. The van der Waals surface area contributed by atoms with Gasteiger partial charge in [0.05, 0.1) is 5.60 Å². The number of hydrogen-bond acceptors (Lipinski definition) is 4. The highest BCUT2D eigenvalue weighted by Crippen LogP contribution is 2.30. The van der Waals surface area contributed by atoms with E-state index in [1.54, 1.807) is 0 Å². The molecule has 1 aromatic carbocycles. The van der Waals surface area contributed by atoms with Gasteiger partial charge in [0.2, 0.25) is 5.91 Å². The summed E-state index contributed by atoms with van der Waals surface area (Å²) in [6, 6.07) is 9.84. The first-order valence-electron chi connectivity index (χ1n) is 10.2. The van der Waals surface area contributed by atoms with Gasteiger partial charge in [0.1, 0.15) is 0 Å². The van der Waals surface area contributed by atoms with Gasteiger partial charge < -0.3 is 21.1 Å². The second-order valence-corrected chi connectivity index (χ2v) is 8.92. The molecule has 0 saturated carbocycles. The van der Waals surface area contributed by atoms with Crippen molar-refractivity contribution in [3.8, 4) is 0 Å². The van der Waals surface area contributed by atoms with E-state index in [-0.39, 0.29) is 5.91 Å². The molecule has 1 aliphatic heterocycles. The minimum atomic E-state index is -0.933. The van der Waals surface area contributed by atoms with Crippen molar-refractivity contribution in [2.75, 3.05) is 32.7 Å². The van der Waals surface area contributed by atoms with Gasteiger partial charge in [-0.15, -0.1) is 0 Å². The van der Waals surface area contributed by atoms with Gasteiger partial charge in [-0.05, 0) is 56.8 Å². The second-order valence-electron chi connectivity index (χ2n) is 8.92. The SMILES string of the molecule is CC(C)(C)C(=O)NCCC(O)(CCN1CCC(CN)CC1)c1ccccc1. The van der Waals surface area contributed by atoms with Crippen LogP contribution in [0, 0.1) is 11.3 Å². The predicted molar refractivity (Wildman–Crippen MR) is 110 cm³/mol. The zero-order valence-corrected chi connectivity index (χ0v) is 17.2. The lowest BCUT2D eigenvalue weighted by Gasteiger charge is -2.35. The molecule has 2 rings (SSSR count). The molecular weight excluding hydrogens is 338 g/mol. The Morgan fingerprint density at radius 3 is 2.37 bits per heavy atom. The molecule has 152 valence electrons. The van der Waals surface area contributed by atoms with Crippen molar-refractivity contribution in [3.05, 3.63) is 35.9 Å². The van der Waals surface area contributed by atoms with E-state index >= 15 is 0 Å². The topological polar surface area (TPSA) is 78.6 Å². The van der Waals surface area contributed by atoms with E-state index in [4.69, 9.17) is 5.73 Å². The quantitative estimate of drug-likeness (QED) is 0.652. The molecule has 1 aliphatic rings. The average molecular weight is 376 g/mol. The molecule has 1 heterocycles.